The number of rotatable bonds is 7. The van der Waals surface area contributed by atoms with Gasteiger partial charge in [-0.2, -0.15) is 13.2 Å². The van der Waals surface area contributed by atoms with E-state index in [9.17, 15) is 32.7 Å². The number of aliphatic hydroxyl groups excluding tert-OH is 1. The molecular formula is C17H20F3NO6. The molecule has 3 atom stereocenters. The van der Waals surface area contributed by atoms with E-state index < -0.39 is 47.6 Å². The van der Waals surface area contributed by atoms with Crippen LogP contribution in [0.2, 0.25) is 0 Å². The van der Waals surface area contributed by atoms with Crippen molar-refractivity contribution in [1.29, 1.82) is 0 Å². The largest absolute Gasteiger partial charge is 0.469 e. The summed E-state index contributed by atoms with van der Waals surface area (Å²) in [4.78, 5) is 35.4. The van der Waals surface area contributed by atoms with Gasteiger partial charge in [0, 0.05) is 0 Å². The molecule has 0 spiro atoms. The van der Waals surface area contributed by atoms with Crippen molar-refractivity contribution in [3.63, 3.8) is 0 Å². The molecule has 0 saturated heterocycles. The predicted octanol–water partition coefficient (Wildman–Crippen LogP) is 1.60. The van der Waals surface area contributed by atoms with Crippen LogP contribution < -0.4 is 5.32 Å². The smallest absolute Gasteiger partial charge is 0.416 e. The number of carbonyl (C=O) groups excluding carboxylic acids is 3. The minimum atomic E-state index is -4.55. The molecule has 0 aromatic heterocycles. The summed E-state index contributed by atoms with van der Waals surface area (Å²) in [6, 6.07) is 2.11. The molecular weight excluding hydrogens is 371 g/mol. The Balaban J connectivity index is 2.90. The van der Waals surface area contributed by atoms with Crippen LogP contribution in [0.5, 0.6) is 0 Å². The normalized spacial score (nSPS) is 14.6. The maximum atomic E-state index is 12.6. The van der Waals surface area contributed by atoms with Gasteiger partial charge in [-0.05, 0) is 23.6 Å². The molecule has 7 nitrogen and oxygen atoms in total. The highest BCUT2D eigenvalue weighted by molar-refractivity contribution is 5.88. The minimum Gasteiger partial charge on any atom is -0.469 e. The number of nitrogens with one attached hydrogen (secondary N) is 1. The van der Waals surface area contributed by atoms with Crippen molar-refractivity contribution in [2.24, 2.45) is 5.92 Å². The van der Waals surface area contributed by atoms with E-state index in [2.05, 4.69) is 14.8 Å². The molecule has 0 unspecified atom stereocenters. The van der Waals surface area contributed by atoms with Crippen molar-refractivity contribution in [3.8, 4) is 0 Å². The molecule has 1 amide bonds. The van der Waals surface area contributed by atoms with E-state index in [-0.39, 0.29) is 12.0 Å². The van der Waals surface area contributed by atoms with Gasteiger partial charge in [0.05, 0.1) is 26.2 Å². The molecule has 0 aliphatic carbocycles. The third-order valence-electron chi connectivity index (χ3n) is 3.84. The molecule has 1 aromatic carbocycles. The molecule has 0 radical (unpaired) electrons. The van der Waals surface area contributed by atoms with Crippen molar-refractivity contribution in [1.82, 2.24) is 5.32 Å². The number of ether oxygens (including phenoxy) is 2. The number of halogens is 3. The first kappa shape index (κ1) is 22.4. The second-order valence-corrected chi connectivity index (χ2v) is 5.79. The van der Waals surface area contributed by atoms with Crippen LogP contribution in [0.4, 0.5) is 13.2 Å². The number of hydrogen-bond donors (Lipinski definition) is 2. The van der Waals surface area contributed by atoms with E-state index in [1.807, 2.05) is 0 Å². The van der Waals surface area contributed by atoms with E-state index in [1.165, 1.54) is 6.92 Å². The van der Waals surface area contributed by atoms with Crippen LogP contribution >= 0.6 is 0 Å². The lowest BCUT2D eigenvalue weighted by Gasteiger charge is -2.23. The first-order valence-corrected chi connectivity index (χ1v) is 7.81. The van der Waals surface area contributed by atoms with Crippen LogP contribution in [0.25, 0.3) is 0 Å². The Morgan fingerprint density at radius 3 is 2.11 bits per heavy atom. The van der Waals surface area contributed by atoms with E-state index >= 15 is 0 Å². The predicted molar refractivity (Wildman–Crippen MR) is 86.1 cm³/mol. The molecule has 27 heavy (non-hydrogen) atoms. The summed E-state index contributed by atoms with van der Waals surface area (Å²) in [7, 11) is 2.24. The Bertz CT molecular complexity index is 674. The summed E-state index contributed by atoms with van der Waals surface area (Å²) in [6.07, 6.45) is -6.57. The lowest BCUT2D eigenvalue weighted by molar-refractivity contribution is -0.149. The van der Waals surface area contributed by atoms with Gasteiger partial charge >= 0.3 is 18.1 Å². The van der Waals surface area contributed by atoms with E-state index in [4.69, 9.17) is 0 Å². The number of aliphatic hydroxyl groups is 1. The Morgan fingerprint density at radius 1 is 1.11 bits per heavy atom. The molecule has 2 N–H and O–H groups in total. The monoisotopic (exact) mass is 391 g/mol. The molecule has 0 bridgehead atoms. The molecule has 10 heteroatoms. The van der Waals surface area contributed by atoms with Crippen LogP contribution in [0.15, 0.2) is 24.3 Å². The van der Waals surface area contributed by atoms with Crippen molar-refractivity contribution in [3.05, 3.63) is 35.4 Å². The first-order valence-electron chi connectivity index (χ1n) is 7.81. The molecule has 1 rings (SSSR count). The highest BCUT2D eigenvalue weighted by Crippen LogP contribution is 2.30. The highest BCUT2D eigenvalue weighted by Gasteiger charge is 2.33. The van der Waals surface area contributed by atoms with Crippen LogP contribution in [0.1, 0.15) is 30.6 Å². The lowest BCUT2D eigenvalue weighted by atomic mass is 9.97. The van der Waals surface area contributed by atoms with Gasteiger partial charge in [0.25, 0.3) is 5.91 Å². The van der Waals surface area contributed by atoms with Gasteiger partial charge in [-0.3, -0.25) is 9.59 Å². The average Bonchev–Trinajstić information content (AvgIpc) is 2.63. The van der Waals surface area contributed by atoms with Gasteiger partial charge in [-0.25, -0.2) is 4.79 Å². The van der Waals surface area contributed by atoms with Crippen LogP contribution in [-0.4, -0.2) is 43.2 Å². The Morgan fingerprint density at radius 2 is 1.67 bits per heavy atom. The fourth-order valence-corrected chi connectivity index (χ4v) is 2.26. The standard InChI is InChI=1S/C17H20F3NO6/c1-9(8-12(22)26-2)13(16(25)27-3)21-15(24)14(23)10-4-6-11(7-5-10)17(18,19)20/h4-7,9,13-14,23H,8H2,1-3H3,(H,21,24)/t9-,13-,14+/m1/s1. The molecule has 1 aromatic rings. The zero-order chi connectivity index (χ0) is 20.8. The van der Waals surface area contributed by atoms with Gasteiger partial charge in [0.2, 0.25) is 0 Å². The van der Waals surface area contributed by atoms with E-state index in [0.29, 0.717) is 0 Å². The molecule has 0 saturated carbocycles. The van der Waals surface area contributed by atoms with Gasteiger partial charge in [-0.15, -0.1) is 0 Å². The van der Waals surface area contributed by atoms with Gasteiger partial charge in [-0.1, -0.05) is 19.1 Å². The third-order valence-corrected chi connectivity index (χ3v) is 3.84. The number of methoxy groups -OCH3 is 2. The Hall–Kier alpha value is -2.62. The van der Waals surface area contributed by atoms with Gasteiger partial charge in [0.15, 0.2) is 6.10 Å². The zero-order valence-electron chi connectivity index (χ0n) is 14.9. The van der Waals surface area contributed by atoms with Crippen LogP contribution in [0, 0.1) is 5.92 Å². The van der Waals surface area contributed by atoms with Crippen molar-refractivity contribution in [2.75, 3.05) is 14.2 Å². The van der Waals surface area contributed by atoms with Crippen LogP contribution in [0.3, 0.4) is 0 Å². The highest BCUT2D eigenvalue weighted by atomic mass is 19.4. The van der Waals surface area contributed by atoms with E-state index in [0.717, 1.165) is 38.5 Å². The SMILES string of the molecule is COC(=O)C[C@@H](C)[C@@H](NC(=O)[C@@H](O)c1ccc(C(F)(F)F)cc1)C(=O)OC. The van der Waals surface area contributed by atoms with Crippen LogP contribution in [-0.2, 0) is 30.0 Å². The number of alkyl halides is 3. The second-order valence-electron chi connectivity index (χ2n) is 5.79. The van der Waals surface area contributed by atoms with E-state index in [1.54, 1.807) is 0 Å². The summed E-state index contributed by atoms with van der Waals surface area (Å²) in [5, 5.41) is 12.3. The second kappa shape index (κ2) is 9.36. The molecule has 0 aliphatic heterocycles. The quantitative estimate of drug-likeness (QED) is 0.685. The number of hydrogen-bond acceptors (Lipinski definition) is 6. The lowest BCUT2D eigenvalue weighted by Crippen LogP contribution is -2.48. The third kappa shape index (κ3) is 6.24. The average molecular weight is 391 g/mol. The number of benzene rings is 1. The number of esters is 2. The molecule has 0 aliphatic rings. The summed E-state index contributed by atoms with van der Waals surface area (Å²) < 4.78 is 46.8. The summed E-state index contributed by atoms with van der Waals surface area (Å²) in [6.45, 7) is 1.49. The Labute approximate surface area is 153 Å². The minimum absolute atomic E-state index is 0.0928. The summed E-state index contributed by atoms with van der Waals surface area (Å²) in [5.41, 5.74) is -1.03. The summed E-state index contributed by atoms with van der Waals surface area (Å²) >= 11 is 0. The molecule has 0 heterocycles. The van der Waals surface area contributed by atoms with Crippen molar-refractivity contribution < 1.29 is 42.1 Å². The number of amides is 1. The van der Waals surface area contributed by atoms with Crippen molar-refractivity contribution in [2.45, 2.75) is 31.7 Å². The molecule has 0 fully saturated rings. The number of carbonyl (C=O) groups is 3. The zero-order valence-corrected chi connectivity index (χ0v) is 14.9. The molecule has 150 valence electrons. The fourth-order valence-electron chi connectivity index (χ4n) is 2.26. The fraction of sp³-hybridized carbons (Fsp3) is 0.471. The van der Waals surface area contributed by atoms with Crippen molar-refractivity contribution >= 4 is 17.8 Å². The van der Waals surface area contributed by atoms with Gasteiger partial charge < -0.3 is 19.9 Å². The topological polar surface area (TPSA) is 102 Å². The summed E-state index contributed by atoms with van der Waals surface area (Å²) in [5.74, 6) is -3.20. The van der Waals surface area contributed by atoms with Gasteiger partial charge in [0.1, 0.15) is 6.04 Å². The Kier molecular flexibility index (Phi) is 7.77. The first-order chi connectivity index (χ1) is 12.5. The maximum Gasteiger partial charge on any atom is 0.416 e. The maximum absolute atomic E-state index is 12.6.